The third-order valence-electron chi connectivity index (χ3n) is 4.34. The highest BCUT2D eigenvalue weighted by atomic mass is 19.1. The number of nitrogens with one attached hydrogen (secondary N) is 1. The molecule has 1 amide bonds. The molecule has 11 nitrogen and oxygen atoms in total. The summed E-state index contributed by atoms with van der Waals surface area (Å²) in [5, 5.41) is 60.4. The van der Waals surface area contributed by atoms with E-state index in [1.54, 1.807) is 0 Å². The summed E-state index contributed by atoms with van der Waals surface area (Å²) in [7, 11) is 0. The molecule has 0 aromatic carbocycles. The monoisotopic (exact) mass is 385 g/mol. The quantitative estimate of drug-likeness (QED) is 0.245. The molecule has 0 unspecified atom stereocenters. The number of halogens is 1. The van der Waals surface area contributed by atoms with E-state index in [2.05, 4.69) is 5.32 Å². The fourth-order valence-electron chi connectivity index (χ4n) is 2.96. The highest BCUT2D eigenvalue weighted by Crippen LogP contribution is 2.29. The van der Waals surface area contributed by atoms with Crippen molar-refractivity contribution < 1.29 is 54.0 Å². The Labute approximate surface area is 147 Å². The maximum absolute atomic E-state index is 13.8. The average Bonchev–Trinajstić information content (AvgIpc) is 2.60. The summed E-state index contributed by atoms with van der Waals surface area (Å²) in [6.07, 6.45) is -14.9. The van der Waals surface area contributed by atoms with Gasteiger partial charge in [0.2, 0.25) is 5.91 Å². The predicted molar refractivity (Wildman–Crippen MR) is 79.1 cm³/mol. The van der Waals surface area contributed by atoms with Crippen molar-refractivity contribution >= 4 is 5.91 Å². The Morgan fingerprint density at radius 1 is 1.04 bits per heavy atom. The SMILES string of the molecule is CC(=O)N[C@H]1[C@H](O[C@H]2[C@H](O)[C@@H](F)[C@@H](O)O[C@@H]2CO)O[C@H](CO)[C@@H](O)[C@@H]1O. The second-order valence-corrected chi connectivity index (χ2v) is 6.22. The molecule has 10 atom stereocenters. The van der Waals surface area contributed by atoms with Crippen molar-refractivity contribution in [1.82, 2.24) is 5.32 Å². The Hall–Kier alpha value is -0.960. The first kappa shape index (κ1) is 21.3. The van der Waals surface area contributed by atoms with Crippen LogP contribution in [-0.4, -0.2) is 111 Å². The zero-order chi connectivity index (χ0) is 19.6. The maximum Gasteiger partial charge on any atom is 0.217 e. The third-order valence-corrected chi connectivity index (χ3v) is 4.34. The number of aliphatic hydroxyl groups is 6. The van der Waals surface area contributed by atoms with Gasteiger partial charge in [-0.25, -0.2) is 4.39 Å². The smallest absolute Gasteiger partial charge is 0.217 e. The molecule has 2 rings (SSSR count). The predicted octanol–water partition coefficient (Wildman–Crippen LogP) is -4.28. The summed E-state index contributed by atoms with van der Waals surface area (Å²) in [5.41, 5.74) is 0. The van der Waals surface area contributed by atoms with E-state index in [4.69, 9.17) is 14.2 Å². The van der Waals surface area contributed by atoms with Crippen molar-refractivity contribution in [2.75, 3.05) is 13.2 Å². The van der Waals surface area contributed by atoms with E-state index in [9.17, 15) is 39.8 Å². The van der Waals surface area contributed by atoms with Crippen LogP contribution < -0.4 is 5.32 Å². The molecule has 0 aliphatic carbocycles. The summed E-state index contributed by atoms with van der Waals surface area (Å²) in [5.74, 6) is -0.598. The van der Waals surface area contributed by atoms with Gasteiger partial charge in [0, 0.05) is 6.92 Å². The van der Waals surface area contributed by atoms with Gasteiger partial charge in [-0.2, -0.15) is 0 Å². The third kappa shape index (κ3) is 4.30. The van der Waals surface area contributed by atoms with Crippen LogP contribution in [0.25, 0.3) is 0 Å². The first-order chi connectivity index (χ1) is 12.2. The number of ether oxygens (including phenoxy) is 3. The van der Waals surface area contributed by atoms with Crippen LogP contribution in [0.4, 0.5) is 4.39 Å². The van der Waals surface area contributed by atoms with Crippen molar-refractivity contribution in [2.45, 2.75) is 68.3 Å². The minimum absolute atomic E-state index is 0.598. The van der Waals surface area contributed by atoms with Crippen LogP contribution >= 0.6 is 0 Å². The molecule has 2 aliphatic heterocycles. The van der Waals surface area contributed by atoms with Crippen molar-refractivity contribution in [1.29, 1.82) is 0 Å². The van der Waals surface area contributed by atoms with Gasteiger partial charge in [0.1, 0.15) is 42.7 Å². The van der Waals surface area contributed by atoms with Crippen LogP contribution in [-0.2, 0) is 19.0 Å². The zero-order valence-corrected chi connectivity index (χ0v) is 13.9. The number of amides is 1. The van der Waals surface area contributed by atoms with Crippen LogP contribution in [0.1, 0.15) is 6.92 Å². The molecule has 0 bridgehead atoms. The van der Waals surface area contributed by atoms with E-state index >= 15 is 0 Å². The number of aliphatic hydroxyl groups excluding tert-OH is 6. The lowest BCUT2D eigenvalue weighted by Crippen LogP contribution is -2.67. The minimum Gasteiger partial charge on any atom is -0.394 e. The van der Waals surface area contributed by atoms with Gasteiger partial charge >= 0.3 is 0 Å². The largest absolute Gasteiger partial charge is 0.394 e. The summed E-state index contributed by atoms with van der Waals surface area (Å²) < 4.78 is 29.4. The maximum atomic E-state index is 13.8. The summed E-state index contributed by atoms with van der Waals surface area (Å²) in [6, 6.07) is -1.32. The van der Waals surface area contributed by atoms with E-state index in [0.29, 0.717) is 0 Å². The Morgan fingerprint density at radius 3 is 2.19 bits per heavy atom. The number of rotatable bonds is 5. The van der Waals surface area contributed by atoms with Crippen LogP contribution in [0, 0.1) is 0 Å². The molecule has 26 heavy (non-hydrogen) atoms. The fourth-order valence-corrected chi connectivity index (χ4v) is 2.96. The molecule has 7 N–H and O–H groups in total. The van der Waals surface area contributed by atoms with Crippen molar-refractivity contribution in [3.05, 3.63) is 0 Å². The Balaban J connectivity index is 2.22. The summed E-state index contributed by atoms with van der Waals surface area (Å²) in [4.78, 5) is 11.4. The zero-order valence-electron chi connectivity index (χ0n) is 13.9. The number of hydrogen-bond donors (Lipinski definition) is 7. The lowest BCUT2D eigenvalue weighted by molar-refractivity contribution is -0.334. The lowest BCUT2D eigenvalue weighted by atomic mass is 9.95. The lowest BCUT2D eigenvalue weighted by Gasteiger charge is -2.46. The molecule has 152 valence electrons. The molecule has 0 aromatic heterocycles. The molecule has 0 spiro atoms. The average molecular weight is 385 g/mol. The van der Waals surface area contributed by atoms with Gasteiger partial charge in [-0.3, -0.25) is 4.79 Å². The Bertz CT molecular complexity index is 483. The van der Waals surface area contributed by atoms with Gasteiger partial charge in [-0.1, -0.05) is 0 Å². The summed E-state index contributed by atoms with van der Waals surface area (Å²) in [6.45, 7) is -0.294. The van der Waals surface area contributed by atoms with Gasteiger partial charge < -0.3 is 50.2 Å². The van der Waals surface area contributed by atoms with Gasteiger partial charge in [0.05, 0.1) is 13.2 Å². The topological polar surface area (TPSA) is 178 Å². The molecule has 2 fully saturated rings. The number of hydrogen-bond acceptors (Lipinski definition) is 10. The van der Waals surface area contributed by atoms with E-state index in [-0.39, 0.29) is 0 Å². The summed E-state index contributed by atoms with van der Waals surface area (Å²) >= 11 is 0. The van der Waals surface area contributed by atoms with E-state index < -0.39 is 80.5 Å². The number of alkyl halides is 1. The van der Waals surface area contributed by atoms with Gasteiger partial charge in [-0.15, -0.1) is 0 Å². The second-order valence-electron chi connectivity index (χ2n) is 6.22. The van der Waals surface area contributed by atoms with Gasteiger partial charge in [0.15, 0.2) is 18.8 Å². The van der Waals surface area contributed by atoms with Crippen molar-refractivity contribution in [3.63, 3.8) is 0 Å². The standard InChI is InChI=1S/C14H24FNO10/c1-4(19)16-8-11(22)9(20)5(2-17)25-14(8)26-12-6(3-18)24-13(23)7(15)10(12)21/h5-14,17-18,20-23H,2-3H2,1H3,(H,16,19)/t5-,6-,7-,8-,9-,10-,11-,12-,13+,14+/m1/s1. The first-order valence-corrected chi connectivity index (χ1v) is 8.02. The Kier molecular flexibility index (Phi) is 7.24. The molecule has 2 aliphatic rings. The van der Waals surface area contributed by atoms with Crippen LogP contribution in [0.2, 0.25) is 0 Å². The fraction of sp³-hybridized carbons (Fsp3) is 0.929. The second kappa shape index (κ2) is 8.82. The van der Waals surface area contributed by atoms with Crippen LogP contribution in [0.5, 0.6) is 0 Å². The molecular weight excluding hydrogens is 361 g/mol. The minimum atomic E-state index is -2.24. The van der Waals surface area contributed by atoms with Crippen molar-refractivity contribution in [2.24, 2.45) is 0 Å². The van der Waals surface area contributed by atoms with E-state index in [1.165, 1.54) is 0 Å². The van der Waals surface area contributed by atoms with Gasteiger partial charge in [-0.05, 0) is 0 Å². The normalized spacial score (nSPS) is 46.8. The molecule has 2 saturated heterocycles. The molecule has 12 heteroatoms. The van der Waals surface area contributed by atoms with E-state index in [1.807, 2.05) is 0 Å². The number of carbonyl (C=O) groups excluding carboxylic acids is 1. The molecule has 0 radical (unpaired) electrons. The van der Waals surface area contributed by atoms with Gasteiger partial charge in [0.25, 0.3) is 0 Å². The van der Waals surface area contributed by atoms with E-state index in [0.717, 1.165) is 6.92 Å². The highest BCUT2D eigenvalue weighted by Gasteiger charge is 2.51. The molecule has 0 aromatic rings. The van der Waals surface area contributed by atoms with Crippen molar-refractivity contribution in [3.8, 4) is 0 Å². The Morgan fingerprint density at radius 2 is 1.65 bits per heavy atom. The van der Waals surface area contributed by atoms with Crippen LogP contribution in [0.15, 0.2) is 0 Å². The molecule has 2 heterocycles. The molecular formula is C14H24FNO10. The highest BCUT2D eigenvalue weighted by molar-refractivity contribution is 5.73. The number of carbonyl (C=O) groups is 1. The first-order valence-electron chi connectivity index (χ1n) is 8.02. The van der Waals surface area contributed by atoms with Crippen LogP contribution in [0.3, 0.4) is 0 Å². The molecule has 0 saturated carbocycles.